The molecule has 2 aromatic carbocycles. The van der Waals surface area contributed by atoms with Gasteiger partial charge in [0.15, 0.2) is 0 Å². The van der Waals surface area contributed by atoms with Gasteiger partial charge in [-0.05, 0) is 48.4 Å². The highest BCUT2D eigenvalue weighted by atomic mass is 16.5. The zero-order valence-electron chi connectivity index (χ0n) is 20.3. The second-order valence-electron chi connectivity index (χ2n) is 7.27. The Bertz CT molecular complexity index is 994. The molecule has 0 amide bonds. The van der Waals surface area contributed by atoms with Crippen LogP contribution in [0.5, 0.6) is 23.3 Å². The van der Waals surface area contributed by atoms with Crippen LogP contribution in [0.1, 0.15) is 23.6 Å². The lowest BCUT2D eigenvalue weighted by atomic mass is 10.1. The summed E-state index contributed by atoms with van der Waals surface area (Å²) < 4.78 is 27.1. The van der Waals surface area contributed by atoms with Gasteiger partial charge in [-0.15, -0.1) is 0 Å². The molecule has 0 N–H and O–H groups in total. The Kier molecular flexibility index (Phi) is 8.96. The highest BCUT2D eigenvalue weighted by Gasteiger charge is 2.19. The van der Waals surface area contributed by atoms with E-state index in [2.05, 4.69) is 4.90 Å². The van der Waals surface area contributed by atoms with Crippen molar-refractivity contribution in [3.63, 3.8) is 0 Å². The number of benzene rings is 2. The maximum Gasteiger partial charge on any atom is 0.232 e. The predicted molar refractivity (Wildman–Crippen MR) is 132 cm³/mol. The van der Waals surface area contributed by atoms with Gasteiger partial charge in [-0.2, -0.15) is 9.97 Å². The normalized spacial score (nSPS) is 10.7. The first kappa shape index (κ1) is 24.7. The summed E-state index contributed by atoms with van der Waals surface area (Å²) in [6.45, 7) is 3.60. The summed E-state index contributed by atoms with van der Waals surface area (Å²) in [5, 5.41) is 0. The molecule has 0 spiro atoms. The Morgan fingerprint density at radius 3 is 1.56 bits per heavy atom. The van der Waals surface area contributed by atoms with Crippen LogP contribution in [0.25, 0.3) is 6.08 Å². The second kappa shape index (κ2) is 12.3. The van der Waals surface area contributed by atoms with Gasteiger partial charge < -0.3 is 28.6 Å². The lowest BCUT2D eigenvalue weighted by Gasteiger charge is -2.24. The van der Waals surface area contributed by atoms with Crippen molar-refractivity contribution in [1.29, 1.82) is 0 Å². The molecule has 8 heteroatoms. The van der Waals surface area contributed by atoms with E-state index in [-0.39, 0.29) is 0 Å². The number of anilines is 1. The van der Waals surface area contributed by atoms with Gasteiger partial charge in [0.25, 0.3) is 0 Å². The van der Waals surface area contributed by atoms with E-state index in [4.69, 9.17) is 33.7 Å². The third-order valence-corrected chi connectivity index (χ3v) is 5.10. The molecule has 0 unspecified atom stereocenters. The van der Waals surface area contributed by atoms with Gasteiger partial charge in [-0.1, -0.05) is 24.3 Å². The molecule has 3 rings (SSSR count). The van der Waals surface area contributed by atoms with Crippen LogP contribution in [0.15, 0.2) is 54.8 Å². The van der Waals surface area contributed by atoms with Gasteiger partial charge >= 0.3 is 0 Å². The molecule has 0 aliphatic heterocycles. The SMILES string of the molecule is CCOC=Cc1c(OC)nc(N(Cc2ccc(OC)cc2)Cc2ccc(OC)cc2)nc1OC. The Labute approximate surface area is 200 Å². The molecule has 0 atom stereocenters. The van der Waals surface area contributed by atoms with Crippen molar-refractivity contribution < 1.29 is 23.7 Å². The van der Waals surface area contributed by atoms with Crippen molar-refractivity contribution in [3.8, 4) is 23.3 Å². The van der Waals surface area contributed by atoms with Crippen LogP contribution in [0.2, 0.25) is 0 Å². The molecular formula is C26H31N3O5. The lowest BCUT2D eigenvalue weighted by Crippen LogP contribution is -2.25. The first-order chi connectivity index (χ1) is 16.6. The van der Waals surface area contributed by atoms with Gasteiger partial charge in [0, 0.05) is 13.1 Å². The highest BCUT2D eigenvalue weighted by Crippen LogP contribution is 2.30. The number of methoxy groups -OCH3 is 4. The maximum atomic E-state index is 5.57. The Balaban J connectivity index is 2.00. The molecule has 8 nitrogen and oxygen atoms in total. The summed E-state index contributed by atoms with van der Waals surface area (Å²) in [6.07, 6.45) is 3.32. The molecule has 34 heavy (non-hydrogen) atoms. The summed E-state index contributed by atoms with van der Waals surface area (Å²) in [5.74, 6) is 2.87. The van der Waals surface area contributed by atoms with E-state index >= 15 is 0 Å². The molecule has 180 valence electrons. The average Bonchev–Trinajstić information content (AvgIpc) is 2.89. The standard InChI is InChI=1S/C26H31N3O5/c1-6-34-16-15-23-24(32-4)27-26(28-25(23)33-5)29(17-19-7-11-21(30-2)12-8-19)18-20-9-13-22(31-3)14-10-20/h7-16H,6,17-18H2,1-5H3. The Morgan fingerprint density at radius 2 is 1.18 bits per heavy atom. The summed E-state index contributed by atoms with van der Waals surface area (Å²) >= 11 is 0. The minimum atomic E-state index is 0.396. The van der Waals surface area contributed by atoms with Crippen LogP contribution in [0.4, 0.5) is 5.95 Å². The zero-order chi connectivity index (χ0) is 24.3. The van der Waals surface area contributed by atoms with Crippen molar-refractivity contribution >= 4 is 12.0 Å². The van der Waals surface area contributed by atoms with Crippen molar-refractivity contribution in [2.24, 2.45) is 0 Å². The molecule has 1 aromatic heterocycles. The maximum absolute atomic E-state index is 5.57. The molecule has 0 radical (unpaired) electrons. The van der Waals surface area contributed by atoms with Crippen LogP contribution in [0.3, 0.4) is 0 Å². The number of rotatable bonds is 12. The van der Waals surface area contributed by atoms with Crippen LogP contribution < -0.4 is 23.8 Å². The van der Waals surface area contributed by atoms with Crippen molar-refractivity contribution in [2.45, 2.75) is 20.0 Å². The van der Waals surface area contributed by atoms with E-state index in [1.165, 1.54) is 0 Å². The van der Waals surface area contributed by atoms with E-state index in [9.17, 15) is 0 Å². The van der Waals surface area contributed by atoms with E-state index in [1.54, 1.807) is 40.8 Å². The molecule has 3 aromatic rings. The zero-order valence-corrected chi connectivity index (χ0v) is 20.3. The summed E-state index contributed by atoms with van der Waals surface area (Å²) in [6, 6.07) is 15.8. The summed E-state index contributed by atoms with van der Waals surface area (Å²) in [7, 11) is 6.44. The molecule has 0 aliphatic rings. The summed E-state index contributed by atoms with van der Waals surface area (Å²) in [5.41, 5.74) is 2.77. The van der Waals surface area contributed by atoms with E-state index in [1.807, 2.05) is 55.5 Å². The molecule has 0 bridgehead atoms. The minimum absolute atomic E-state index is 0.396. The van der Waals surface area contributed by atoms with Gasteiger partial charge in [0.1, 0.15) is 17.1 Å². The topological polar surface area (TPSA) is 75.2 Å². The number of ether oxygens (including phenoxy) is 5. The predicted octanol–water partition coefficient (Wildman–Crippen LogP) is 4.73. The van der Waals surface area contributed by atoms with Crippen LogP contribution in [-0.2, 0) is 17.8 Å². The highest BCUT2D eigenvalue weighted by molar-refractivity contribution is 5.61. The molecule has 1 heterocycles. The smallest absolute Gasteiger partial charge is 0.232 e. The fourth-order valence-electron chi connectivity index (χ4n) is 3.33. The quantitative estimate of drug-likeness (QED) is 0.356. The van der Waals surface area contributed by atoms with Crippen LogP contribution in [-0.4, -0.2) is 45.0 Å². The van der Waals surface area contributed by atoms with E-state index in [0.29, 0.717) is 43.0 Å². The first-order valence-electron chi connectivity index (χ1n) is 10.9. The molecule has 0 saturated heterocycles. The van der Waals surface area contributed by atoms with E-state index in [0.717, 1.165) is 22.6 Å². The van der Waals surface area contributed by atoms with E-state index < -0.39 is 0 Å². The van der Waals surface area contributed by atoms with Crippen molar-refractivity contribution in [1.82, 2.24) is 9.97 Å². The molecular weight excluding hydrogens is 434 g/mol. The fourth-order valence-corrected chi connectivity index (χ4v) is 3.33. The number of hydrogen-bond acceptors (Lipinski definition) is 8. The third-order valence-electron chi connectivity index (χ3n) is 5.10. The number of aromatic nitrogens is 2. The van der Waals surface area contributed by atoms with Crippen LogP contribution in [0, 0.1) is 0 Å². The van der Waals surface area contributed by atoms with Gasteiger partial charge in [-0.3, -0.25) is 0 Å². The van der Waals surface area contributed by atoms with Gasteiger partial charge in [0.05, 0.1) is 41.3 Å². The first-order valence-corrected chi connectivity index (χ1v) is 10.9. The largest absolute Gasteiger partial charge is 0.501 e. The van der Waals surface area contributed by atoms with Crippen LogP contribution >= 0.6 is 0 Å². The fraction of sp³-hybridized carbons (Fsp3) is 0.308. The van der Waals surface area contributed by atoms with Gasteiger partial charge in [0.2, 0.25) is 17.7 Å². The minimum Gasteiger partial charge on any atom is -0.501 e. The average molecular weight is 466 g/mol. The molecule has 0 fully saturated rings. The summed E-state index contributed by atoms with van der Waals surface area (Å²) in [4.78, 5) is 11.5. The Hall–Kier alpha value is -3.94. The molecule has 0 saturated carbocycles. The van der Waals surface area contributed by atoms with Crippen molar-refractivity contribution in [2.75, 3.05) is 39.9 Å². The number of hydrogen-bond donors (Lipinski definition) is 0. The molecule has 0 aliphatic carbocycles. The third kappa shape index (κ3) is 6.31. The van der Waals surface area contributed by atoms with Crippen molar-refractivity contribution in [3.05, 3.63) is 71.5 Å². The Morgan fingerprint density at radius 1 is 0.706 bits per heavy atom. The lowest BCUT2D eigenvalue weighted by molar-refractivity contribution is 0.271. The second-order valence-corrected chi connectivity index (χ2v) is 7.27. The monoisotopic (exact) mass is 465 g/mol. The van der Waals surface area contributed by atoms with Gasteiger partial charge in [-0.25, -0.2) is 0 Å². The number of nitrogens with zero attached hydrogens (tertiary/aromatic N) is 3.